The summed E-state index contributed by atoms with van der Waals surface area (Å²) in [5.74, 6) is -0.640. The van der Waals surface area contributed by atoms with Gasteiger partial charge in [0.05, 0.1) is 4.90 Å². The first-order valence-electron chi connectivity index (χ1n) is 5.85. The molecule has 1 aromatic carbocycles. The van der Waals surface area contributed by atoms with Crippen molar-refractivity contribution in [2.24, 2.45) is 5.73 Å². The number of methoxy groups -OCH3 is 1. The van der Waals surface area contributed by atoms with Crippen molar-refractivity contribution in [3.05, 3.63) is 29.6 Å². The summed E-state index contributed by atoms with van der Waals surface area (Å²) in [4.78, 5) is -0.219. The number of nitrogens with zero attached hydrogens (tertiary/aromatic N) is 1. The third-order valence-electron chi connectivity index (χ3n) is 2.73. The standard InChI is InChI=1S/C12H17FN2O3S2/c1-15(6-3-7-18-2)20(16,17)9-4-5-11(13)10(8-9)12(14)19/h4-5,8H,3,6-7H2,1-2H3,(H2,14,19). The lowest BCUT2D eigenvalue weighted by molar-refractivity contribution is 0.189. The molecule has 0 bridgehead atoms. The molecule has 0 aromatic heterocycles. The van der Waals surface area contributed by atoms with E-state index in [-0.39, 0.29) is 15.4 Å². The van der Waals surface area contributed by atoms with Gasteiger partial charge in [-0.05, 0) is 24.6 Å². The molecule has 20 heavy (non-hydrogen) atoms. The first-order valence-corrected chi connectivity index (χ1v) is 7.70. The summed E-state index contributed by atoms with van der Waals surface area (Å²) in [6.07, 6.45) is 0.565. The molecule has 0 radical (unpaired) electrons. The minimum Gasteiger partial charge on any atom is -0.389 e. The maximum atomic E-state index is 13.5. The van der Waals surface area contributed by atoms with Gasteiger partial charge >= 0.3 is 0 Å². The Morgan fingerprint density at radius 3 is 2.70 bits per heavy atom. The first kappa shape index (κ1) is 17.0. The van der Waals surface area contributed by atoms with Crippen molar-refractivity contribution in [1.29, 1.82) is 0 Å². The average molecular weight is 320 g/mol. The number of halogens is 1. The zero-order valence-electron chi connectivity index (χ0n) is 11.3. The van der Waals surface area contributed by atoms with E-state index < -0.39 is 15.8 Å². The minimum atomic E-state index is -3.70. The van der Waals surface area contributed by atoms with Crippen molar-refractivity contribution in [2.45, 2.75) is 11.3 Å². The fraction of sp³-hybridized carbons (Fsp3) is 0.417. The van der Waals surface area contributed by atoms with Gasteiger partial charge in [0.25, 0.3) is 0 Å². The lowest BCUT2D eigenvalue weighted by Crippen LogP contribution is -2.29. The molecule has 0 aliphatic rings. The summed E-state index contributed by atoms with van der Waals surface area (Å²) in [6.45, 7) is 0.761. The Balaban J connectivity index is 3.03. The van der Waals surface area contributed by atoms with E-state index in [1.807, 2.05) is 0 Å². The molecule has 0 saturated heterocycles. The van der Waals surface area contributed by atoms with E-state index in [0.717, 1.165) is 12.1 Å². The molecule has 1 rings (SSSR count). The van der Waals surface area contributed by atoms with Crippen LogP contribution in [0.1, 0.15) is 12.0 Å². The zero-order valence-corrected chi connectivity index (χ0v) is 12.9. The second kappa shape index (κ2) is 7.07. The maximum Gasteiger partial charge on any atom is 0.242 e. The number of rotatable bonds is 7. The van der Waals surface area contributed by atoms with Gasteiger partial charge in [0, 0.05) is 32.9 Å². The van der Waals surface area contributed by atoms with Crippen LogP contribution >= 0.6 is 12.2 Å². The van der Waals surface area contributed by atoms with Crippen LogP contribution in [0.25, 0.3) is 0 Å². The maximum absolute atomic E-state index is 13.5. The lowest BCUT2D eigenvalue weighted by Gasteiger charge is -2.17. The highest BCUT2D eigenvalue weighted by Gasteiger charge is 2.22. The van der Waals surface area contributed by atoms with Crippen LogP contribution in [0.3, 0.4) is 0 Å². The highest BCUT2D eigenvalue weighted by Crippen LogP contribution is 2.18. The van der Waals surface area contributed by atoms with E-state index in [0.29, 0.717) is 19.6 Å². The Morgan fingerprint density at radius 2 is 2.15 bits per heavy atom. The molecule has 8 heteroatoms. The summed E-state index contributed by atoms with van der Waals surface area (Å²) in [5, 5.41) is 0. The van der Waals surface area contributed by atoms with Crippen LogP contribution in [0.4, 0.5) is 4.39 Å². The van der Waals surface area contributed by atoms with Crippen LogP contribution in [0.5, 0.6) is 0 Å². The van der Waals surface area contributed by atoms with E-state index in [2.05, 4.69) is 0 Å². The average Bonchev–Trinajstić information content (AvgIpc) is 2.38. The highest BCUT2D eigenvalue weighted by molar-refractivity contribution is 7.89. The number of thiocarbonyl (C=S) groups is 1. The van der Waals surface area contributed by atoms with E-state index in [1.165, 1.54) is 17.4 Å². The third kappa shape index (κ3) is 3.95. The molecule has 0 amide bonds. The number of nitrogens with two attached hydrogens (primary N) is 1. The van der Waals surface area contributed by atoms with Gasteiger partial charge in [-0.3, -0.25) is 0 Å². The van der Waals surface area contributed by atoms with Crippen molar-refractivity contribution in [3.8, 4) is 0 Å². The topological polar surface area (TPSA) is 72.6 Å². The molecule has 0 fully saturated rings. The van der Waals surface area contributed by atoms with E-state index in [1.54, 1.807) is 7.11 Å². The monoisotopic (exact) mass is 320 g/mol. The molecule has 0 aliphatic carbocycles. The summed E-state index contributed by atoms with van der Waals surface area (Å²) in [5.41, 5.74) is 5.29. The van der Waals surface area contributed by atoms with Crippen LogP contribution in [-0.4, -0.2) is 45.0 Å². The van der Waals surface area contributed by atoms with Gasteiger partial charge in [-0.15, -0.1) is 0 Å². The first-order chi connectivity index (χ1) is 9.30. The molecule has 112 valence electrons. The molecule has 1 aromatic rings. The van der Waals surface area contributed by atoms with Crippen molar-refractivity contribution in [3.63, 3.8) is 0 Å². The summed E-state index contributed by atoms with van der Waals surface area (Å²) in [6, 6.07) is 3.39. The van der Waals surface area contributed by atoms with Crippen LogP contribution in [0.15, 0.2) is 23.1 Å². The van der Waals surface area contributed by atoms with Gasteiger partial charge in [0.2, 0.25) is 10.0 Å². The molecular weight excluding hydrogens is 303 g/mol. The number of ether oxygens (including phenoxy) is 1. The van der Waals surface area contributed by atoms with Gasteiger partial charge < -0.3 is 10.5 Å². The largest absolute Gasteiger partial charge is 0.389 e. The van der Waals surface area contributed by atoms with E-state index in [9.17, 15) is 12.8 Å². The smallest absolute Gasteiger partial charge is 0.242 e. The summed E-state index contributed by atoms with van der Waals surface area (Å²) in [7, 11) is -0.699. The predicted molar refractivity (Wildman–Crippen MR) is 78.6 cm³/mol. The van der Waals surface area contributed by atoms with Crippen LogP contribution < -0.4 is 5.73 Å². The lowest BCUT2D eigenvalue weighted by atomic mass is 10.2. The molecule has 5 nitrogen and oxygen atoms in total. The van der Waals surface area contributed by atoms with Gasteiger partial charge in [-0.25, -0.2) is 17.1 Å². The Morgan fingerprint density at radius 1 is 1.50 bits per heavy atom. The number of hydrogen-bond acceptors (Lipinski definition) is 4. The fourth-order valence-corrected chi connectivity index (χ4v) is 2.98. The Kier molecular flexibility index (Phi) is 6.00. The predicted octanol–water partition coefficient (Wildman–Crippen LogP) is 1.12. The van der Waals surface area contributed by atoms with Gasteiger partial charge in [0.1, 0.15) is 10.8 Å². The summed E-state index contributed by atoms with van der Waals surface area (Å²) >= 11 is 4.70. The Labute approximate surface area is 123 Å². The number of benzene rings is 1. The van der Waals surface area contributed by atoms with Gasteiger partial charge in [-0.2, -0.15) is 0 Å². The van der Waals surface area contributed by atoms with Crippen LogP contribution in [0.2, 0.25) is 0 Å². The second-order valence-corrected chi connectivity index (χ2v) is 6.66. The zero-order chi connectivity index (χ0) is 15.3. The Hall–Kier alpha value is -1.09. The molecule has 0 aliphatic heterocycles. The van der Waals surface area contributed by atoms with Crippen molar-refractivity contribution >= 4 is 27.2 Å². The van der Waals surface area contributed by atoms with Crippen LogP contribution in [-0.2, 0) is 14.8 Å². The molecular formula is C12H17FN2O3S2. The van der Waals surface area contributed by atoms with Crippen molar-refractivity contribution in [1.82, 2.24) is 4.31 Å². The molecule has 0 heterocycles. The molecule has 2 N–H and O–H groups in total. The minimum absolute atomic E-state index is 0.0402. The fourth-order valence-electron chi connectivity index (χ4n) is 1.59. The number of sulfonamides is 1. The van der Waals surface area contributed by atoms with Crippen molar-refractivity contribution in [2.75, 3.05) is 27.3 Å². The molecule has 0 spiro atoms. The molecule has 0 saturated carbocycles. The van der Waals surface area contributed by atoms with Gasteiger partial charge in [0.15, 0.2) is 0 Å². The quantitative estimate of drug-likeness (QED) is 0.602. The van der Waals surface area contributed by atoms with Crippen molar-refractivity contribution < 1.29 is 17.5 Å². The Bertz CT molecular complexity index is 590. The number of hydrogen-bond donors (Lipinski definition) is 1. The SMILES string of the molecule is COCCCN(C)S(=O)(=O)c1ccc(F)c(C(N)=S)c1. The summed E-state index contributed by atoms with van der Waals surface area (Å²) < 4.78 is 44.1. The highest BCUT2D eigenvalue weighted by atomic mass is 32.2. The van der Waals surface area contributed by atoms with Gasteiger partial charge in [-0.1, -0.05) is 12.2 Å². The second-order valence-electron chi connectivity index (χ2n) is 4.18. The normalized spacial score (nSPS) is 11.8. The third-order valence-corrected chi connectivity index (χ3v) is 4.81. The van der Waals surface area contributed by atoms with E-state index >= 15 is 0 Å². The van der Waals surface area contributed by atoms with E-state index in [4.69, 9.17) is 22.7 Å². The molecule has 0 atom stereocenters. The molecule has 0 unspecified atom stereocenters. The van der Waals surface area contributed by atoms with Crippen LogP contribution in [0, 0.1) is 5.82 Å².